The Morgan fingerprint density at radius 2 is 2.08 bits per heavy atom. The fourth-order valence-corrected chi connectivity index (χ4v) is 4.14. The summed E-state index contributed by atoms with van der Waals surface area (Å²) in [5.74, 6) is 0.514. The van der Waals surface area contributed by atoms with E-state index in [1.165, 1.54) is 16.7 Å². The van der Waals surface area contributed by atoms with Crippen molar-refractivity contribution in [2.75, 3.05) is 6.61 Å². The number of carbonyl (C=O) groups excluding carboxylic acids is 1. The lowest BCUT2D eigenvalue weighted by atomic mass is 9.81. The monoisotopic (exact) mass is 322 g/mol. The van der Waals surface area contributed by atoms with Crippen LogP contribution in [-0.4, -0.2) is 27.0 Å². The Kier molecular flexibility index (Phi) is 4.07. The molecule has 0 saturated heterocycles. The van der Waals surface area contributed by atoms with Crippen molar-refractivity contribution in [2.24, 2.45) is 5.92 Å². The first-order chi connectivity index (χ1) is 11.8. The van der Waals surface area contributed by atoms with Crippen molar-refractivity contribution in [1.82, 2.24) is 9.55 Å². The highest BCUT2D eigenvalue weighted by molar-refractivity contribution is 5.83. The number of hydrogen-bond acceptors (Lipinski definition) is 3. The Labute approximate surface area is 141 Å². The number of hydrogen-bond donors (Lipinski definition) is 1. The van der Waals surface area contributed by atoms with E-state index in [4.69, 9.17) is 5.11 Å². The van der Waals surface area contributed by atoms with Gasteiger partial charge in [0, 0.05) is 17.9 Å². The molecule has 2 aliphatic rings. The second kappa shape index (κ2) is 6.36. The summed E-state index contributed by atoms with van der Waals surface area (Å²) in [6.45, 7) is 0.107. The van der Waals surface area contributed by atoms with E-state index in [0.29, 0.717) is 12.2 Å². The zero-order valence-corrected chi connectivity index (χ0v) is 13.7. The molecule has 4 heteroatoms. The summed E-state index contributed by atoms with van der Waals surface area (Å²) >= 11 is 0. The lowest BCUT2D eigenvalue weighted by Crippen LogP contribution is -2.22. The number of rotatable bonds is 4. The molecule has 1 aliphatic carbocycles. The number of fused-ring (bicyclic) bond motifs is 3. The van der Waals surface area contributed by atoms with Crippen molar-refractivity contribution < 1.29 is 9.90 Å². The van der Waals surface area contributed by atoms with Gasteiger partial charge in [-0.15, -0.1) is 0 Å². The Bertz CT molecular complexity index is 780. The number of aromatic nitrogens is 2. The molecule has 0 bridgehead atoms. The van der Waals surface area contributed by atoms with Crippen LogP contribution in [0.15, 0.2) is 48.4 Å². The van der Waals surface area contributed by atoms with Gasteiger partial charge in [-0.3, -0.25) is 4.79 Å². The lowest BCUT2D eigenvalue weighted by Gasteiger charge is -2.24. The van der Waals surface area contributed by atoms with E-state index in [9.17, 15) is 4.79 Å². The van der Waals surface area contributed by atoms with E-state index in [2.05, 4.69) is 21.7 Å². The molecule has 4 nitrogen and oxygen atoms in total. The van der Waals surface area contributed by atoms with E-state index in [0.717, 1.165) is 31.4 Å². The first-order valence-electron chi connectivity index (χ1n) is 8.70. The first-order valence-corrected chi connectivity index (χ1v) is 8.70. The molecule has 1 saturated carbocycles. The minimum absolute atomic E-state index is 0.0839. The first kappa shape index (κ1) is 15.3. The van der Waals surface area contributed by atoms with Gasteiger partial charge in [-0.2, -0.15) is 0 Å². The topological polar surface area (TPSA) is 55.1 Å². The van der Waals surface area contributed by atoms with Gasteiger partial charge in [-0.05, 0) is 31.2 Å². The predicted molar refractivity (Wildman–Crippen MR) is 92.6 cm³/mol. The second-order valence-electron chi connectivity index (χ2n) is 6.78. The fourth-order valence-electron chi connectivity index (χ4n) is 4.14. The van der Waals surface area contributed by atoms with E-state index >= 15 is 0 Å². The molecule has 1 aromatic carbocycles. The maximum atomic E-state index is 12.9. The van der Waals surface area contributed by atoms with Crippen molar-refractivity contribution in [3.8, 4) is 11.3 Å². The largest absolute Gasteiger partial charge is 0.392 e. The van der Waals surface area contributed by atoms with Crippen LogP contribution in [0, 0.1) is 5.92 Å². The van der Waals surface area contributed by atoms with Gasteiger partial charge in [-0.25, -0.2) is 4.98 Å². The van der Waals surface area contributed by atoms with Crippen LogP contribution in [0.3, 0.4) is 0 Å². The van der Waals surface area contributed by atoms with Gasteiger partial charge in [-0.1, -0.05) is 35.9 Å². The Morgan fingerprint density at radius 3 is 2.88 bits per heavy atom. The third-order valence-corrected chi connectivity index (χ3v) is 5.46. The molecule has 2 aromatic rings. The van der Waals surface area contributed by atoms with Gasteiger partial charge in [0.05, 0.1) is 30.9 Å². The van der Waals surface area contributed by atoms with Gasteiger partial charge < -0.3 is 9.67 Å². The molecule has 2 heterocycles. The van der Waals surface area contributed by atoms with Crippen LogP contribution in [-0.2, 0) is 4.79 Å². The molecular formula is C20H22N2O2. The fraction of sp³-hybridized carbons (Fsp3) is 0.400. The number of carbonyl (C=O) groups is 1. The summed E-state index contributed by atoms with van der Waals surface area (Å²) in [5.41, 5.74) is 4.84. The summed E-state index contributed by atoms with van der Waals surface area (Å²) in [4.78, 5) is 17.1. The highest BCUT2D eigenvalue weighted by atomic mass is 16.2. The molecule has 1 aromatic heterocycles. The molecule has 1 unspecified atom stereocenters. The van der Waals surface area contributed by atoms with Crippen LogP contribution in [0.2, 0.25) is 0 Å². The van der Waals surface area contributed by atoms with Gasteiger partial charge in [0.25, 0.3) is 0 Å². The van der Waals surface area contributed by atoms with Crippen LogP contribution in [0.5, 0.6) is 0 Å². The van der Waals surface area contributed by atoms with Crippen LogP contribution in [0.25, 0.3) is 11.3 Å². The number of nitrogens with zero attached hydrogens (tertiary/aromatic N) is 2. The van der Waals surface area contributed by atoms with E-state index in [-0.39, 0.29) is 18.6 Å². The molecule has 0 radical (unpaired) electrons. The van der Waals surface area contributed by atoms with Crippen LogP contribution in [0.4, 0.5) is 0 Å². The molecule has 1 N–H and O–H groups in total. The maximum Gasteiger partial charge on any atom is 0.138 e. The van der Waals surface area contributed by atoms with Crippen molar-refractivity contribution >= 4 is 5.78 Å². The van der Waals surface area contributed by atoms with Crippen molar-refractivity contribution in [3.63, 3.8) is 0 Å². The highest BCUT2D eigenvalue weighted by Gasteiger charge is 2.32. The molecular weight excluding hydrogens is 300 g/mol. The maximum absolute atomic E-state index is 12.9. The summed E-state index contributed by atoms with van der Waals surface area (Å²) in [5, 5.41) is 9.00. The van der Waals surface area contributed by atoms with Crippen molar-refractivity contribution in [1.29, 1.82) is 0 Å². The van der Waals surface area contributed by atoms with Crippen LogP contribution in [0.1, 0.15) is 43.7 Å². The number of aliphatic hydroxyl groups is 1. The summed E-state index contributed by atoms with van der Waals surface area (Å²) < 4.78 is 2.14. The van der Waals surface area contributed by atoms with Gasteiger partial charge in [0.15, 0.2) is 0 Å². The lowest BCUT2D eigenvalue weighted by molar-refractivity contribution is -0.124. The zero-order chi connectivity index (χ0) is 16.5. The number of allylic oxidation sites excluding steroid dienone is 1. The van der Waals surface area contributed by atoms with E-state index < -0.39 is 0 Å². The van der Waals surface area contributed by atoms with Crippen molar-refractivity contribution in [2.45, 2.75) is 38.1 Å². The molecule has 1 aliphatic heterocycles. The zero-order valence-electron chi connectivity index (χ0n) is 13.7. The number of benzene rings is 1. The third kappa shape index (κ3) is 2.61. The van der Waals surface area contributed by atoms with Gasteiger partial charge >= 0.3 is 0 Å². The standard InChI is InChI=1S/C20H22N2O2/c23-10-9-14-5-7-15(8-6-14)20(24)11-18-16-3-1-2-4-17(16)19-12-21-13-22(18)19/h1-4,9,12-13,15,18,23H,5-8,10-11H2. The van der Waals surface area contributed by atoms with Gasteiger partial charge in [0.1, 0.15) is 5.78 Å². The molecule has 0 amide bonds. The summed E-state index contributed by atoms with van der Waals surface area (Å²) in [7, 11) is 0. The number of aliphatic hydroxyl groups excluding tert-OH is 1. The smallest absolute Gasteiger partial charge is 0.138 e. The minimum Gasteiger partial charge on any atom is -0.392 e. The average molecular weight is 322 g/mol. The third-order valence-electron chi connectivity index (χ3n) is 5.46. The molecule has 1 atom stereocenters. The molecule has 4 rings (SSSR count). The Morgan fingerprint density at radius 1 is 1.29 bits per heavy atom. The summed E-state index contributed by atoms with van der Waals surface area (Å²) in [6, 6.07) is 8.41. The van der Waals surface area contributed by atoms with E-state index in [1.807, 2.05) is 30.7 Å². The number of Topliss-reactive ketones (excluding diaryl/α,β-unsaturated/α-hetero) is 1. The average Bonchev–Trinajstić information content (AvgIpc) is 3.19. The van der Waals surface area contributed by atoms with Gasteiger partial charge in [0.2, 0.25) is 0 Å². The molecule has 24 heavy (non-hydrogen) atoms. The predicted octanol–water partition coefficient (Wildman–Crippen LogP) is 3.52. The highest BCUT2D eigenvalue weighted by Crippen LogP contribution is 2.42. The second-order valence-corrected chi connectivity index (χ2v) is 6.78. The Balaban J connectivity index is 1.50. The molecule has 1 fully saturated rings. The van der Waals surface area contributed by atoms with E-state index in [1.54, 1.807) is 0 Å². The van der Waals surface area contributed by atoms with Crippen molar-refractivity contribution in [3.05, 3.63) is 54.0 Å². The SMILES string of the molecule is O=C(CC1c2ccccc2-c2cncn21)C1CCC(=CCO)CC1. The Hall–Kier alpha value is -2.20. The number of imidazole rings is 1. The number of ketones is 1. The molecule has 124 valence electrons. The van der Waals surface area contributed by atoms with Crippen LogP contribution < -0.4 is 0 Å². The summed E-state index contributed by atoms with van der Waals surface area (Å²) in [6.07, 6.45) is 9.87. The minimum atomic E-state index is 0.0839. The van der Waals surface area contributed by atoms with Crippen LogP contribution >= 0.6 is 0 Å². The normalized spacial score (nSPS) is 22.1. The molecule has 0 spiro atoms. The quantitative estimate of drug-likeness (QED) is 0.876.